The summed E-state index contributed by atoms with van der Waals surface area (Å²) in [5.74, 6) is 0.00359. The van der Waals surface area contributed by atoms with Crippen LogP contribution in [-0.2, 0) is 9.53 Å². The highest BCUT2D eigenvalue weighted by Crippen LogP contribution is 2.24. The Balaban J connectivity index is 2.25. The second-order valence-corrected chi connectivity index (χ2v) is 6.37. The van der Waals surface area contributed by atoms with Crippen LogP contribution in [0, 0.1) is 0 Å². The molecule has 110 valence electrons. The Labute approximate surface area is 129 Å². The number of rotatable bonds is 8. The fraction of sp³-hybridized carbons (Fsp3) is 0.400. The molecule has 0 saturated carbocycles. The van der Waals surface area contributed by atoms with Gasteiger partial charge in [0.1, 0.15) is 0 Å². The summed E-state index contributed by atoms with van der Waals surface area (Å²) in [5, 5.41) is 3.39. The van der Waals surface area contributed by atoms with E-state index in [1.165, 1.54) is 11.8 Å². The third-order valence-corrected chi connectivity index (χ3v) is 3.75. The molecule has 1 aromatic rings. The average molecular weight is 314 g/mol. The molecule has 1 atom stereocenters. The van der Waals surface area contributed by atoms with Crippen molar-refractivity contribution in [3.63, 3.8) is 0 Å². The van der Waals surface area contributed by atoms with Crippen LogP contribution in [0.2, 0.25) is 5.02 Å². The van der Waals surface area contributed by atoms with Gasteiger partial charge in [0.2, 0.25) is 5.91 Å². The van der Waals surface area contributed by atoms with Gasteiger partial charge in [0.05, 0.1) is 18.5 Å². The first-order valence-electron chi connectivity index (χ1n) is 6.41. The van der Waals surface area contributed by atoms with Gasteiger partial charge < -0.3 is 10.1 Å². The quantitative estimate of drug-likeness (QED) is 0.453. The molecule has 0 saturated heterocycles. The molecule has 3 nitrogen and oxygen atoms in total. The van der Waals surface area contributed by atoms with Crippen LogP contribution in [0.5, 0.6) is 0 Å². The van der Waals surface area contributed by atoms with Crippen molar-refractivity contribution in [2.75, 3.05) is 19.8 Å². The Morgan fingerprint density at radius 2 is 2.10 bits per heavy atom. The highest BCUT2D eigenvalue weighted by molar-refractivity contribution is 8.00. The molecule has 0 radical (unpaired) electrons. The second-order valence-electron chi connectivity index (χ2n) is 4.51. The van der Waals surface area contributed by atoms with Crippen molar-refractivity contribution in [1.29, 1.82) is 0 Å². The Kier molecular flexibility index (Phi) is 7.73. The summed E-state index contributed by atoms with van der Waals surface area (Å²) in [4.78, 5) is 12.9. The predicted molar refractivity (Wildman–Crippen MR) is 85.4 cm³/mol. The molecule has 0 aromatic heterocycles. The smallest absolute Gasteiger partial charge is 0.233 e. The zero-order valence-corrected chi connectivity index (χ0v) is 13.4. The minimum Gasteiger partial charge on any atom is -0.375 e. The Hall–Kier alpha value is -0.970. The minimum absolute atomic E-state index is 0.00359. The molecule has 20 heavy (non-hydrogen) atoms. The lowest BCUT2D eigenvalue weighted by Gasteiger charge is -2.12. The van der Waals surface area contributed by atoms with Crippen molar-refractivity contribution in [2.45, 2.75) is 24.0 Å². The van der Waals surface area contributed by atoms with E-state index in [-0.39, 0.29) is 11.2 Å². The summed E-state index contributed by atoms with van der Waals surface area (Å²) >= 11 is 7.33. The molecule has 0 aliphatic rings. The number of benzene rings is 1. The predicted octanol–water partition coefficient (Wildman–Crippen LogP) is 3.53. The maximum Gasteiger partial charge on any atom is 0.233 e. The van der Waals surface area contributed by atoms with Gasteiger partial charge >= 0.3 is 0 Å². The summed E-state index contributed by atoms with van der Waals surface area (Å²) in [7, 11) is 0. The number of nitrogens with one attached hydrogen (secondary N) is 1. The number of thioether (sulfide) groups is 1. The zero-order chi connectivity index (χ0) is 15.0. The molecule has 5 heteroatoms. The molecule has 0 bridgehead atoms. The van der Waals surface area contributed by atoms with Crippen molar-refractivity contribution in [1.82, 2.24) is 5.32 Å². The molecule has 0 aliphatic carbocycles. The van der Waals surface area contributed by atoms with E-state index >= 15 is 0 Å². The van der Waals surface area contributed by atoms with Crippen LogP contribution >= 0.6 is 23.4 Å². The van der Waals surface area contributed by atoms with Gasteiger partial charge in [-0.3, -0.25) is 4.79 Å². The Morgan fingerprint density at radius 3 is 2.70 bits per heavy atom. The van der Waals surface area contributed by atoms with Crippen LogP contribution in [0.15, 0.2) is 41.3 Å². The maximum atomic E-state index is 11.9. The van der Waals surface area contributed by atoms with Crippen LogP contribution in [-0.4, -0.2) is 30.9 Å². The lowest BCUT2D eigenvalue weighted by atomic mass is 10.4. The van der Waals surface area contributed by atoms with Crippen LogP contribution in [0.4, 0.5) is 0 Å². The number of carbonyl (C=O) groups is 1. The van der Waals surface area contributed by atoms with Gasteiger partial charge in [0.25, 0.3) is 0 Å². The van der Waals surface area contributed by atoms with E-state index in [4.69, 9.17) is 16.3 Å². The number of amides is 1. The second kappa shape index (κ2) is 9.06. The van der Waals surface area contributed by atoms with Gasteiger partial charge in [-0.1, -0.05) is 23.8 Å². The number of hydrogen-bond acceptors (Lipinski definition) is 3. The fourth-order valence-electron chi connectivity index (χ4n) is 1.41. The van der Waals surface area contributed by atoms with E-state index in [0.717, 1.165) is 10.5 Å². The van der Waals surface area contributed by atoms with Crippen molar-refractivity contribution in [2.24, 2.45) is 0 Å². The molecule has 0 spiro atoms. The number of hydrogen-bond donors (Lipinski definition) is 1. The highest BCUT2D eigenvalue weighted by Gasteiger charge is 2.13. The van der Waals surface area contributed by atoms with Crippen molar-refractivity contribution in [3.8, 4) is 0 Å². The third-order valence-electron chi connectivity index (χ3n) is 2.39. The van der Waals surface area contributed by atoms with Crippen molar-refractivity contribution in [3.05, 3.63) is 41.4 Å². The molecule has 1 aromatic carbocycles. The zero-order valence-electron chi connectivity index (χ0n) is 11.8. The van der Waals surface area contributed by atoms with Gasteiger partial charge in [0.15, 0.2) is 0 Å². The molecular formula is C15H20ClNO2S. The van der Waals surface area contributed by atoms with Crippen LogP contribution in [0.25, 0.3) is 0 Å². The summed E-state index contributed by atoms with van der Waals surface area (Å²) < 4.78 is 5.32. The molecule has 0 heterocycles. The van der Waals surface area contributed by atoms with Crippen molar-refractivity contribution >= 4 is 29.3 Å². The number of carbonyl (C=O) groups excluding carboxylic acids is 1. The maximum absolute atomic E-state index is 11.9. The lowest BCUT2D eigenvalue weighted by molar-refractivity contribution is -0.120. The summed E-state index contributed by atoms with van der Waals surface area (Å²) in [6.45, 7) is 9.07. The standard InChI is InChI=1S/C15H20ClNO2S/c1-11(2)10-19-9-8-17-15(18)12(3)20-14-6-4-13(16)5-7-14/h4-7,12H,1,8-10H2,2-3H3,(H,17,18). The molecule has 1 amide bonds. The molecule has 1 N–H and O–H groups in total. The molecule has 0 aliphatic heterocycles. The average Bonchev–Trinajstić information content (AvgIpc) is 2.40. The van der Waals surface area contributed by atoms with Crippen LogP contribution < -0.4 is 5.32 Å². The van der Waals surface area contributed by atoms with Gasteiger partial charge in [-0.15, -0.1) is 11.8 Å². The molecule has 0 fully saturated rings. The number of halogens is 1. The van der Waals surface area contributed by atoms with Gasteiger partial charge in [0, 0.05) is 16.5 Å². The largest absolute Gasteiger partial charge is 0.375 e. The van der Waals surface area contributed by atoms with Gasteiger partial charge in [-0.2, -0.15) is 0 Å². The van der Waals surface area contributed by atoms with E-state index in [1.807, 2.05) is 38.1 Å². The van der Waals surface area contributed by atoms with Crippen LogP contribution in [0.3, 0.4) is 0 Å². The fourth-order valence-corrected chi connectivity index (χ4v) is 2.43. The van der Waals surface area contributed by atoms with E-state index in [1.54, 1.807) is 0 Å². The molecule has 1 rings (SSSR count). The van der Waals surface area contributed by atoms with Crippen molar-refractivity contribution < 1.29 is 9.53 Å². The van der Waals surface area contributed by atoms with Crippen LogP contribution in [0.1, 0.15) is 13.8 Å². The van der Waals surface area contributed by atoms with E-state index in [9.17, 15) is 4.79 Å². The minimum atomic E-state index is -0.155. The lowest BCUT2D eigenvalue weighted by Crippen LogP contribution is -2.33. The molecule has 1 unspecified atom stereocenters. The monoisotopic (exact) mass is 313 g/mol. The number of ether oxygens (including phenoxy) is 1. The Bertz CT molecular complexity index is 448. The summed E-state index contributed by atoms with van der Waals surface area (Å²) in [6, 6.07) is 7.46. The third kappa shape index (κ3) is 6.98. The summed E-state index contributed by atoms with van der Waals surface area (Å²) in [5.41, 5.74) is 0.975. The highest BCUT2D eigenvalue weighted by atomic mass is 35.5. The molecular weight excluding hydrogens is 294 g/mol. The van der Waals surface area contributed by atoms with Gasteiger partial charge in [-0.05, 0) is 38.1 Å². The first-order chi connectivity index (χ1) is 9.49. The first kappa shape index (κ1) is 17.1. The summed E-state index contributed by atoms with van der Waals surface area (Å²) in [6.07, 6.45) is 0. The van der Waals surface area contributed by atoms with E-state index in [0.29, 0.717) is 24.8 Å². The SMILES string of the molecule is C=C(C)COCCNC(=O)C(C)Sc1ccc(Cl)cc1. The van der Waals surface area contributed by atoms with E-state index < -0.39 is 0 Å². The normalized spacial score (nSPS) is 11.9. The first-order valence-corrected chi connectivity index (χ1v) is 7.67. The topological polar surface area (TPSA) is 38.3 Å². The van der Waals surface area contributed by atoms with E-state index in [2.05, 4.69) is 11.9 Å². The Morgan fingerprint density at radius 1 is 1.45 bits per heavy atom. The van der Waals surface area contributed by atoms with Gasteiger partial charge in [-0.25, -0.2) is 0 Å².